The summed E-state index contributed by atoms with van der Waals surface area (Å²) in [5.41, 5.74) is 2.35. The van der Waals surface area contributed by atoms with E-state index in [1.165, 1.54) is 18.2 Å². The topological polar surface area (TPSA) is 93.1 Å². The Hall–Kier alpha value is -3.85. The second-order valence-electron chi connectivity index (χ2n) is 9.16. The van der Waals surface area contributed by atoms with Crippen LogP contribution < -0.4 is 5.56 Å². The normalized spacial score (nSPS) is 17.1. The van der Waals surface area contributed by atoms with Crippen molar-refractivity contribution in [2.24, 2.45) is 5.41 Å². The van der Waals surface area contributed by atoms with Crippen LogP contribution in [0.15, 0.2) is 59.5 Å². The average Bonchev–Trinajstić information content (AvgIpc) is 3.33. The number of halogens is 1. The first kappa shape index (κ1) is 20.7. The monoisotopic (exact) mass is 459 g/mol. The van der Waals surface area contributed by atoms with Crippen molar-refractivity contribution in [3.63, 3.8) is 0 Å². The molecule has 0 aliphatic carbocycles. The molecule has 1 amide bonds. The standard InChI is InChI=1S/C25H22FN5O3/c26-18-4-7-21-17(10-18)11-20(23(32)27-21)22-12-31(29-28-22)19-5-2-16(3-6-19)24(33)30-9-1-8-25(13-30)14-34-15-25/h2-7,10-12H,1,8-9,13-15H2,(H,27,32). The van der Waals surface area contributed by atoms with E-state index < -0.39 is 0 Å². The Bertz CT molecular complexity index is 1460. The van der Waals surface area contributed by atoms with Gasteiger partial charge in [0.1, 0.15) is 11.5 Å². The number of fused-ring (bicyclic) bond motifs is 1. The van der Waals surface area contributed by atoms with Crippen molar-refractivity contribution >= 4 is 16.8 Å². The number of hydrogen-bond donors (Lipinski definition) is 1. The number of piperidine rings is 1. The minimum Gasteiger partial charge on any atom is -0.380 e. The van der Waals surface area contributed by atoms with E-state index in [4.69, 9.17) is 4.74 Å². The predicted molar refractivity (Wildman–Crippen MR) is 123 cm³/mol. The maximum Gasteiger partial charge on any atom is 0.258 e. The highest BCUT2D eigenvalue weighted by molar-refractivity contribution is 5.94. The third-order valence-corrected chi connectivity index (χ3v) is 6.72. The van der Waals surface area contributed by atoms with E-state index in [1.807, 2.05) is 4.90 Å². The Kier molecular flexibility index (Phi) is 4.80. The van der Waals surface area contributed by atoms with Gasteiger partial charge in [0.05, 0.1) is 30.7 Å². The van der Waals surface area contributed by atoms with Crippen LogP contribution in [0.1, 0.15) is 23.2 Å². The lowest BCUT2D eigenvalue weighted by atomic mass is 9.78. The third kappa shape index (κ3) is 3.58. The van der Waals surface area contributed by atoms with Crippen molar-refractivity contribution in [3.8, 4) is 16.9 Å². The smallest absolute Gasteiger partial charge is 0.258 e. The Balaban J connectivity index is 1.23. The molecule has 0 radical (unpaired) electrons. The molecule has 0 bridgehead atoms. The van der Waals surface area contributed by atoms with Gasteiger partial charge < -0.3 is 14.6 Å². The van der Waals surface area contributed by atoms with Crippen molar-refractivity contribution < 1.29 is 13.9 Å². The highest BCUT2D eigenvalue weighted by Gasteiger charge is 2.43. The number of pyridine rings is 1. The molecule has 2 aliphatic heterocycles. The number of aromatic amines is 1. The van der Waals surface area contributed by atoms with Crippen LogP contribution in [0.3, 0.4) is 0 Å². The largest absolute Gasteiger partial charge is 0.380 e. The summed E-state index contributed by atoms with van der Waals surface area (Å²) in [6, 6.07) is 13.0. The minimum absolute atomic E-state index is 0.0201. The minimum atomic E-state index is -0.385. The molecular weight excluding hydrogens is 437 g/mol. The molecular formula is C25H22FN5O3. The second kappa shape index (κ2) is 7.88. The number of H-pyrrole nitrogens is 1. The molecule has 2 aromatic heterocycles. The van der Waals surface area contributed by atoms with Crippen LogP contribution in [0.5, 0.6) is 0 Å². The maximum absolute atomic E-state index is 13.6. The molecule has 2 aliphatic rings. The molecule has 4 heterocycles. The molecule has 9 heteroatoms. The number of hydrogen-bond acceptors (Lipinski definition) is 5. The van der Waals surface area contributed by atoms with Crippen molar-refractivity contribution in [1.29, 1.82) is 0 Å². The van der Waals surface area contributed by atoms with Gasteiger partial charge in [-0.15, -0.1) is 5.10 Å². The van der Waals surface area contributed by atoms with Gasteiger partial charge in [-0.3, -0.25) is 9.59 Å². The zero-order valence-electron chi connectivity index (χ0n) is 18.3. The number of aromatic nitrogens is 4. The van der Waals surface area contributed by atoms with Gasteiger partial charge in [-0.2, -0.15) is 0 Å². The molecule has 1 spiro atoms. The van der Waals surface area contributed by atoms with Gasteiger partial charge in [-0.1, -0.05) is 5.21 Å². The molecule has 2 fully saturated rings. The van der Waals surface area contributed by atoms with Gasteiger partial charge in [-0.25, -0.2) is 9.07 Å². The fraction of sp³-hybridized carbons (Fsp3) is 0.280. The highest BCUT2D eigenvalue weighted by Crippen LogP contribution is 2.37. The first-order valence-corrected chi connectivity index (χ1v) is 11.2. The van der Waals surface area contributed by atoms with Gasteiger partial charge >= 0.3 is 0 Å². The van der Waals surface area contributed by atoms with E-state index in [0.29, 0.717) is 33.4 Å². The summed E-state index contributed by atoms with van der Waals surface area (Å²) < 4.78 is 20.5. The molecule has 0 unspecified atom stereocenters. The first-order chi connectivity index (χ1) is 16.5. The number of nitrogens with zero attached hydrogens (tertiary/aromatic N) is 4. The summed E-state index contributed by atoms with van der Waals surface area (Å²) in [7, 11) is 0. The second-order valence-corrected chi connectivity index (χ2v) is 9.16. The number of amides is 1. The molecule has 2 aromatic carbocycles. The SMILES string of the molecule is O=C(c1ccc(-n2cc(-c3cc4cc(F)ccc4[nH]c3=O)nn2)cc1)N1CCCC2(COC2)C1. The van der Waals surface area contributed by atoms with Crippen LogP contribution in [0.25, 0.3) is 27.8 Å². The van der Waals surface area contributed by atoms with Crippen LogP contribution in [-0.2, 0) is 4.74 Å². The van der Waals surface area contributed by atoms with E-state index in [2.05, 4.69) is 15.3 Å². The quantitative estimate of drug-likeness (QED) is 0.508. The van der Waals surface area contributed by atoms with Gasteiger partial charge in [0, 0.05) is 35.0 Å². The lowest BCUT2D eigenvalue weighted by Crippen LogP contribution is -2.55. The Labute approximate surface area is 194 Å². The van der Waals surface area contributed by atoms with E-state index in [0.717, 1.165) is 39.1 Å². The zero-order chi connectivity index (χ0) is 23.3. The van der Waals surface area contributed by atoms with E-state index >= 15 is 0 Å². The fourth-order valence-electron chi connectivity index (χ4n) is 4.83. The first-order valence-electron chi connectivity index (χ1n) is 11.2. The Morgan fingerprint density at radius 2 is 1.94 bits per heavy atom. The summed E-state index contributed by atoms with van der Waals surface area (Å²) in [5.74, 6) is -0.365. The van der Waals surface area contributed by atoms with Gasteiger partial charge in [-0.05, 0) is 61.4 Å². The number of ether oxygens (including phenoxy) is 1. The summed E-state index contributed by atoms with van der Waals surface area (Å²) in [4.78, 5) is 30.2. The summed E-state index contributed by atoms with van der Waals surface area (Å²) >= 11 is 0. The molecule has 4 aromatic rings. The van der Waals surface area contributed by atoms with Crippen molar-refractivity contribution in [1.82, 2.24) is 24.9 Å². The predicted octanol–water partition coefficient (Wildman–Crippen LogP) is 3.17. The molecule has 8 nitrogen and oxygen atoms in total. The van der Waals surface area contributed by atoms with Crippen molar-refractivity contribution in [3.05, 3.63) is 76.5 Å². The Morgan fingerprint density at radius 1 is 1.12 bits per heavy atom. The number of benzene rings is 2. The lowest BCUT2D eigenvalue weighted by Gasteiger charge is -2.48. The molecule has 6 rings (SSSR count). The number of nitrogens with one attached hydrogen (secondary N) is 1. The van der Waals surface area contributed by atoms with Crippen molar-refractivity contribution in [2.75, 3.05) is 26.3 Å². The number of rotatable bonds is 3. The molecule has 0 atom stereocenters. The van der Waals surface area contributed by atoms with Gasteiger partial charge in [0.15, 0.2) is 0 Å². The number of carbonyl (C=O) groups is 1. The van der Waals surface area contributed by atoms with E-state index in [-0.39, 0.29) is 22.7 Å². The van der Waals surface area contributed by atoms with E-state index in [1.54, 1.807) is 41.2 Å². The lowest BCUT2D eigenvalue weighted by molar-refractivity contribution is -0.138. The highest BCUT2D eigenvalue weighted by atomic mass is 19.1. The van der Waals surface area contributed by atoms with Crippen LogP contribution in [0.2, 0.25) is 0 Å². The van der Waals surface area contributed by atoms with Crippen LogP contribution in [0.4, 0.5) is 4.39 Å². The summed E-state index contributed by atoms with van der Waals surface area (Å²) in [6.45, 7) is 2.97. The number of likely N-dealkylation sites (tertiary alicyclic amines) is 1. The number of carbonyl (C=O) groups excluding carboxylic acids is 1. The van der Waals surface area contributed by atoms with Crippen LogP contribution >= 0.6 is 0 Å². The maximum atomic E-state index is 13.6. The molecule has 2 saturated heterocycles. The fourth-order valence-corrected chi connectivity index (χ4v) is 4.83. The zero-order valence-corrected chi connectivity index (χ0v) is 18.3. The summed E-state index contributed by atoms with van der Waals surface area (Å²) in [5, 5.41) is 8.83. The average molecular weight is 459 g/mol. The summed E-state index contributed by atoms with van der Waals surface area (Å²) in [6.07, 6.45) is 3.74. The van der Waals surface area contributed by atoms with Crippen LogP contribution in [-0.4, -0.2) is 57.1 Å². The van der Waals surface area contributed by atoms with Crippen LogP contribution in [0, 0.1) is 11.2 Å². The van der Waals surface area contributed by atoms with Gasteiger partial charge in [0.25, 0.3) is 11.5 Å². The van der Waals surface area contributed by atoms with Crippen molar-refractivity contribution in [2.45, 2.75) is 12.8 Å². The Morgan fingerprint density at radius 3 is 2.71 bits per heavy atom. The molecule has 34 heavy (non-hydrogen) atoms. The molecule has 172 valence electrons. The molecule has 1 N–H and O–H groups in total. The third-order valence-electron chi connectivity index (χ3n) is 6.72. The van der Waals surface area contributed by atoms with Gasteiger partial charge in [0.2, 0.25) is 0 Å². The van der Waals surface area contributed by atoms with E-state index in [9.17, 15) is 14.0 Å². The molecule has 0 saturated carbocycles.